The van der Waals surface area contributed by atoms with Gasteiger partial charge in [-0.1, -0.05) is 30.3 Å². The van der Waals surface area contributed by atoms with Gasteiger partial charge in [-0.2, -0.15) is 0 Å². The lowest BCUT2D eigenvalue weighted by Crippen LogP contribution is -2.24. The highest BCUT2D eigenvalue weighted by atomic mass is 19.1. The summed E-state index contributed by atoms with van der Waals surface area (Å²) in [5.74, 6) is 0.661. The molecular weight excluding hydrogens is 267 g/mol. The molecule has 0 fully saturated rings. The number of nitrogens with zero attached hydrogens (tertiary/aromatic N) is 1. The maximum absolute atomic E-state index is 13.5. The van der Waals surface area contributed by atoms with Gasteiger partial charge in [0.1, 0.15) is 18.2 Å². The summed E-state index contributed by atoms with van der Waals surface area (Å²) in [6.07, 6.45) is 0. The Kier molecular flexibility index (Phi) is 5.72. The highest BCUT2D eigenvalue weighted by Gasteiger charge is 2.05. The number of halogens is 1. The fourth-order valence-corrected chi connectivity index (χ4v) is 2.04. The largest absolute Gasteiger partial charge is 0.492 e. The molecule has 2 rings (SSSR count). The number of rotatable bonds is 7. The van der Waals surface area contributed by atoms with Gasteiger partial charge < -0.3 is 10.5 Å². The smallest absolute Gasteiger partial charge is 0.127 e. The van der Waals surface area contributed by atoms with Gasteiger partial charge in [0.15, 0.2) is 0 Å². The van der Waals surface area contributed by atoms with Gasteiger partial charge >= 0.3 is 0 Å². The van der Waals surface area contributed by atoms with Gasteiger partial charge in [-0.15, -0.1) is 0 Å². The standard InChI is InChI=1S/C17H21FN2O/c1-20(13-15-4-2-3-5-17(15)18)10-11-21-16-8-6-14(12-19)7-9-16/h2-9H,10-13,19H2,1H3. The van der Waals surface area contributed by atoms with Gasteiger partial charge in [0, 0.05) is 25.2 Å². The Hall–Kier alpha value is -1.91. The molecule has 0 bridgehead atoms. The Balaban J connectivity index is 1.76. The quantitative estimate of drug-likeness (QED) is 0.851. The topological polar surface area (TPSA) is 38.5 Å². The second-order valence-corrected chi connectivity index (χ2v) is 5.03. The molecule has 0 aliphatic carbocycles. The lowest BCUT2D eigenvalue weighted by molar-refractivity contribution is 0.231. The van der Waals surface area contributed by atoms with Crippen molar-refractivity contribution >= 4 is 0 Å². The summed E-state index contributed by atoms with van der Waals surface area (Å²) in [6.45, 7) is 2.40. The molecule has 0 unspecified atom stereocenters. The molecule has 4 heteroatoms. The van der Waals surface area contributed by atoms with E-state index in [2.05, 4.69) is 0 Å². The summed E-state index contributed by atoms with van der Waals surface area (Å²) < 4.78 is 19.2. The summed E-state index contributed by atoms with van der Waals surface area (Å²) in [4.78, 5) is 2.03. The van der Waals surface area contributed by atoms with E-state index in [4.69, 9.17) is 10.5 Å². The molecule has 0 atom stereocenters. The van der Waals surface area contributed by atoms with Crippen LogP contribution in [0.1, 0.15) is 11.1 Å². The molecule has 0 aromatic heterocycles. The zero-order chi connectivity index (χ0) is 15.1. The molecule has 0 aliphatic heterocycles. The molecule has 0 spiro atoms. The Morgan fingerprint density at radius 3 is 2.48 bits per heavy atom. The van der Waals surface area contributed by atoms with Crippen LogP contribution in [0.25, 0.3) is 0 Å². The van der Waals surface area contributed by atoms with Crippen molar-refractivity contribution in [3.8, 4) is 5.75 Å². The maximum Gasteiger partial charge on any atom is 0.127 e. The van der Waals surface area contributed by atoms with Crippen LogP contribution in [0.4, 0.5) is 4.39 Å². The predicted octanol–water partition coefficient (Wildman–Crippen LogP) is 2.80. The summed E-state index contributed by atoms with van der Waals surface area (Å²) in [5.41, 5.74) is 7.33. The zero-order valence-electron chi connectivity index (χ0n) is 12.3. The van der Waals surface area contributed by atoms with Crippen molar-refractivity contribution in [2.75, 3.05) is 20.2 Å². The summed E-state index contributed by atoms with van der Waals surface area (Å²) >= 11 is 0. The second kappa shape index (κ2) is 7.76. The number of hydrogen-bond donors (Lipinski definition) is 1. The molecule has 0 saturated carbocycles. The molecule has 2 aromatic rings. The normalized spacial score (nSPS) is 10.9. The Morgan fingerprint density at radius 1 is 1.10 bits per heavy atom. The highest BCUT2D eigenvalue weighted by Crippen LogP contribution is 2.12. The van der Waals surface area contributed by atoms with Crippen molar-refractivity contribution in [1.82, 2.24) is 4.90 Å². The minimum atomic E-state index is -0.164. The van der Waals surface area contributed by atoms with Crippen LogP contribution in [0.3, 0.4) is 0 Å². The van der Waals surface area contributed by atoms with E-state index in [1.807, 2.05) is 42.3 Å². The monoisotopic (exact) mass is 288 g/mol. The van der Waals surface area contributed by atoms with Crippen LogP contribution in [0.2, 0.25) is 0 Å². The highest BCUT2D eigenvalue weighted by molar-refractivity contribution is 5.27. The summed E-state index contributed by atoms with van der Waals surface area (Å²) in [5, 5.41) is 0. The van der Waals surface area contributed by atoms with Crippen LogP contribution in [-0.4, -0.2) is 25.1 Å². The van der Waals surface area contributed by atoms with Crippen LogP contribution >= 0.6 is 0 Å². The average molecular weight is 288 g/mol. The second-order valence-electron chi connectivity index (χ2n) is 5.03. The summed E-state index contributed by atoms with van der Waals surface area (Å²) in [7, 11) is 1.95. The first kappa shape index (κ1) is 15.5. The van der Waals surface area contributed by atoms with Crippen LogP contribution in [0.5, 0.6) is 5.75 Å². The number of benzene rings is 2. The van der Waals surface area contributed by atoms with Crippen molar-refractivity contribution in [1.29, 1.82) is 0 Å². The van der Waals surface area contributed by atoms with Gasteiger partial charge in [0.2, 0.25) is 0 Å². The van der Waals surface area contributed by atoms with E-state index in [0.29, 0.717) is 25.3 Å². The van der Waals surface area contributed by atoms with E-state index in [1.54, 1.807) is 12.1 Å². The summed E-state index contributed by atoms with van der Waals surface area (Å²) in [6, 6.07) is 14.6. The van der Waals surface area contributed by atoms with Gasteiger partial charge in [-0.3, -0.25) is 4.90 Å². The van der Waals surface area contributed by atoms with Gasteiger partial charge in [-0.05, 0) is 30.8 Å². The molecule has 0 saturated heterocycles. The lowest BCUT2D eigenvalue weighted by Gasteiger charge is -2.17. The molecule has 112 valence electrons. The van der Waals surface area contributed by atoms with Crippen LogP contribution in [0, 0.1) is 5.82 Å². The predicted molar refractivity (Wildman–Crippen MR) is 82.6 cm³/mol. The SMILES string of the molecule is CN(CCOc1ccc(CN)cc1)Cc1ccccc1F. The minimum absolute atomic E-state index is 0.164. The van der Waals surface area contributed by atoms with Crippen molar-refractivity contribution in [2.45, 2.75) is 13.1 Å². The molecule has 0 heterocycles. The van der Waals surface area contributed by atoms with Crippen LogP contribution in [0.15, 0.2) is 48.5 Å². The number of nitrogens with two attached hydrogens (primary N) is 1. The minimum Gasteiger partial charge on any atom is -0.492 e. The first-order valence-corrected chi connectivity index (χ1v) is 7.03. The molecule has 0 aliphatic rings. The van der Waals surface area contributed by atoms with E-state index < -0.39 is 0 Å². The lowest BCUT2D eigenvalue weighted by atomic mass is 10.2. The molecular formula is C17H21FN2O. The van der Waals surface area contributed by atoms with E-state index in [1.165, 1.54) is 6.07 Å². The molecule has 0 amide bonds. The van der Waals surface area contributed by atoms with E-state index in [0.717, 1.165) is 17.9 Å². The fourth-order valence-electron chi connectivity index (χ4n) is 2.04. The van der Waals surface area contributed by atoms with Gasteiger partial charge in [0.05, 0.1) is 0 Å². The van der Waals surface area contributed by atoms with Gasteiger partial charge in [0.25, 0.3) is 0 Å². The number of ether oxygens (including phenoxy) is 1. The molecule has 2 N–H and O–H groups in total. The van der Waals surface area contributed by atoms with Gasteiger partial charge in [-0.25, -0.2) is 4.39 Å². The van der Waals surface area contributed by atoms with Crippen molar-refractivity contribution in [3.63, 3.8) is 0 Å². The van der Waals surface area contributed by atoms with E-state index in [-0.39, 0.29) is 5.82 Å². The molecule has 0 radical (unpaired) electrons. The average Bonchev–Trinajstić information content (AvgIpc) is 2.50. The van der Waals surface area contributed by atoms with E-state index in [9.17, 15) is 4.39 Å². The third-order valence-corrected chi connectivity index (χ3v) is 3.30. The molecule has 21 heavy (non-hydrogen) atoms. The third kappa shape index (κ3) is 4.85. The first-order chi connectivity index (χ1) is 10.2. The Labute approximate surface area is 125 Å². The van der Waals surface area contributed by atoms with Crippen molar-refractivity contribution < 1.29 is 9.13 Å². The Bertz CT molecular complexity index is 557. The van der Waals surface area contributed by atoms with Crippen molar-refractivity contribution in [3.05, 3.63) is 65.5 Å². The Morgan fingerprint density at radius 2 is 1.81 bits per heavy atom. The number of hydrogen-bond acceptors (Lipinski definition) is 3. The first-order valence-electron chi connectivity index (χ1n) is 7.03. The van der Waals surface area contributed by atoms with Crippen LogP contribution < -0.4 is 10.5 Å². The fraction of sp³-hybridized carbons (Fsp3) is 0.294. The number of likely N-dealkylation sites (N-methyl/N-ethyl adjacent to an activating group) is 1. The maximum atomic E-state index is 13.5. The van der Waals surface area contributed by atoms with Crippen LogP contribution in [-0.2, 0) is 13.1 Å². The third-order valence-electron chi connectivity index (χ3n) is 3.30. The molecule has 2 aromatic carbocycles. The van der Waals surface area contributed by atoms with E-state index >= 15 is 0 Å². The zero-order valence-corrected chi connectivity index (χ0v) is 12.3. The van der Waals surface area contributed by atoms with Crippen molar-refractivity contribution in [2.24, 2.45) is 5.73 Å². The molecule has 3 nitrogen and oxygen atoms in total.